The summed E-state index contributed by atoms with van der Waals surface area (Å²) in [6.45, 7) is 15.3. The Labute approximate surface area is 233 Å². The lowest BCUT2D eigenvalue weighted by atomic mass is 10.1. The number of halogens is 2. The minimum absolute atomic E-state index is 0.0668. The molecule has 0 unspecified atom stereocenters. The minimum Gasteiger partial charge on any atom is -0.378 e. The van der Waals surface area contributed by atoms with E-state index in [0.717, 1.165) is 61.8 Å². The zero-order chi connectivity index (χ0) is 28.4. The number of benzene rings is 2. The third-order valence-corrected chi connectivity index (χ3v) is 8.04. The van der Waals surface area contributed by atoms with Gasteiger partial charge in [0.1, 0.15) is 11.8 Å². The third-order valence-electron chi connectivity index (χ3n) is 8.04. The molecular weight excluding hydrogens is 512 g/mol. The molecule has 8 nitrogen and oxygen atoms in total. The molecule has 0 bridgehead atoms. The fourth-order valence-electron chi connectivity index (χ4n) is 5.54. The van der Waals surface area contributed by atoms with Crippen LogP contribution in [-0.2, 0) is 13.6 Å². The van der Waals surface area contributed by atoms with Crippen molar-refractivity contribution in [3.63, 3.8) is 0 Å². The van der Waals surface area contributed by atoms with Gasteiger partial charge in [-0.05, 0) is 30.7 Å². The van der Waals surface area contributed by atoms with Crippen LogP contribution in [0.5, 0.6) is 0 Å². The third kappa shape index (κ3) is 5.23. The summed E-state index contributed by atoms with van der Waals surface area (Å²) >= 11 is 0. The van der Waals surface area contributed by atoms with Crippen LogP contribution in [0.2, 0.25) is 0 Å². The van der Waals surface area contributed by atoms with Crippen LogP contribution in [0, 0.1) is 36.5 Å². The normalized spacial score (nSPS) is 16.1. The van der Waals surface area contributed by atoms with Crippen LogP contribution < -0.4 is 9.80 Å². The van der Waals surface area contributed by atoms with E-state index in [2.05, 4.69) is 14.6 Å². The number of hydrogen-bond acceptors (Lipinski definition) is 5. The van der Waals surface area contributed by atoms with E-state index in [4.69, 9.17) is 6.57 Å². The Kier molecular flexibility index (Phi) is 7.72. The molecule has 0 aliphatic carbocycles. The van der Waals surface area contributed by atoms with Gasteiger partial charge >= 0.3 is 0 Å². The maximum absolute atomic E-state index is 13.9. The number of amides is 1. The molecule has 1 aromatic heterocycles. The first-order valence-corrected chi connectivity index (χ1v) is 13.3. The number of anilines is 2. The van der Waals surface area contributed by atoms with Gasteiger partial charge < -0.3 is 19.3 Å². The number of para-hydroxylation sites is 2. The summed E-state index contributed by atoms with van der Waals surface area (Å²) in [5.74, 6) is -2.10. The molecule has 0 radical (unpaired) electrons. The Morgan fingerprint density at radius 2 is 1.57 bits per heavy atom. The van der Waals surface area contributed by atoms with Crippen LogP contribution in [0.25, 0.3) is 4.85 Å². The number of rotatable bonds is 5. The van der Waals surface area contributed by atoms with Crippen LogP contribution in [0.15, 0.2) is 42.5 Å². The molecule has 3 aromatic rings. The first-order chi connectivity index (χ1) is 19.3. The highest BCUT2D eigenvalue weighted by molar-refractivity contribution is 5.93. The van der Waals surface area contributed by atoms with Crippen LogP contribution in [0.4, 0.5) is 25.8 Å². The summed E-state index contributed by atoms with van der Waals surface area (Å²) in [7, 11) is 1.90. The SMILES string of the molecule is [C-]#[N+]c1ccccc1N1CCN(Cc2cc(C(=O)N3CCN(c4cc(F)c(F)cc4C#N)CC3)n(C)c2C)CC1. The highest BCUT2D eigenvalue weighted by Crippen LogP contribution is 2.30. The summed E-state index contributed by atoms with van der Waals surface area (Å²) in [5.41, 5.74) is 4.86. The molecule has 0 spiro atoms. The minimum atomic E-state index is -1.05. The topological polar surface area (TPSA) is 63.1 Å². The second-order valence-electron chi connectivity index (χ2n) is 10.2. The average molecular weight is 544 g/mol. The zero-order valence-corrected chi connectivity index (χ0v) is 22.7. The van der Waals surface area contributed by atoms with E-state index in [1.165, 1.54) is 0 Å². The van der Waals surface area contributed by atoms with Gasteiger partial charge in [-0.25, -0.2) is 13.6 Å². The molecule has 10 heteroatoms. The monoisotopic (exact) mass is 543 g/mol. The summed E-state index contributed by atoms with van der Waals surface area (Å²) in [6, 6.07) is 13.6. The van der Waals surface area contributed by atoms with Crippen molar-refractivity contribution in [3.8, 4) is 6.07 Å². The molecule has 2 aliphatic rings. The van der Waals surface area contributed by atoms with Gasteiger partial charge in [-0.2, -0.15) is 5.26 Å². The van der Waals surface area contributed by atoms with Gasteiger partial charge in [0.15, 0.2) is 11.6 Å². The largest absolute Gasteiger partial charge is 0.378 e. The number of carbonyl (C=O) groups is 1. The molecule has 0 N–H and O–H groups in total. The molecule has 2 saturated heterocycles. The van der Waals surface area contributed by atoms with Gasteiger partial charge in [0.2, 0.25) is 5.69 Å². The maximum atomic E-state index is 13.9. The second kappa shape index (κ2) is 11.4. The average Bonchev–Trinajstić information content (AvgIpc) is 3.26. The molecule has 1 amide bonds. The van der Waals surface area contributed by atoms with Crippen LogP contribution in [-0.4, -0.2) is 72.6 Å². The Balaban J connectivity index is 1.21. The Hall–Kier alpha value is -4.41. The summed E-state index contributed by atoms with van der Waals surface area (Å²) in [4.78, 5) is 25.4. The van der Waals surface area contributed by atoms with Crippen LogP contribution >= 0.6 is 0 Å². The molecule has 0 saturated carbocycles. The van der Waals surface area contributed by atoms with E-state index in [9.17, 15) is 18.8 Å². The van der Waals surface area contributed by atoms with E-state index in [0.29, 0.717) is 43.2 Å². The number of hydrogen-bond donors (Lipinski definition) is 0. The number of carbonyl (C=O) groups excluding carboxylic acids is 1. The Morgan fingerprint density at radius 3 is 2.25 bits per heavy atom. The second-order valence-corrected chi connectivity index (χ2v) is 10.2. The summed E-state index contributed by atoms with van der Waals surface area (Å²) in [6.07, 6.45) is 0. The molecule has 5 rings (SSSR count). The van der Waals surface area contributed by atoms with Crippen molar-refractivity contribution in [2.75, 3.05) is 62.2 Å². The lowest BCUT2D eigenvalue weighted by Crippen LogP contribution is -2.49. The highest BCUT2D eigenvalue weighted by atomic mass is 19.2. The Morgan fingerprint density at radius 1 is 0.950 bits per heavy atom. The van der Waals surface area contributed by atoms with E-state index in [1.807, 2.05) is 59.8 Å². The van der Waals surface area contributed by atoms with Gasteiger partial charge in [0, 0.05) is 83.4 Å². The molecule has 0 atom stereocenters. The Bertz CT molecular complexity index is 1500. The number of aromatic nitrogens is 1. The molecule has 2 fully saturated rings. The highest BCUT2D eigenvalue weighted by Gasteiger charge is 2.28. The van der Waals surface area contributed by atoms with Crippen LogP contribution in [0.3, 0.4) is 0 Å². The molecule has 3 heterocycles. The predicted octanol–water partition coefficient (Wildman–Crippen LogP) is 4.32. The van der Waals surface area contributed by atoms with Gasteiger partial charge in [-0.3, -0.25) is 9.69 Å². The predicted molar refractivity (Wildman–Crippen MR) is 150 cm³/mol. The smallest absolute Gasteiger partial charge is 0.270 e. The van der Waals surface area contributed by atoms with Crippen molar-refractivity contribution >= 4 is 23.0 Å². The number of nitrogens with zero attached hydrogens (tertiary/aromatic N) is 7. The first kappa shape index (κ1) is 27.2. The van der Waals surface area contributed by atoms with Gasteiger partial charge in [0.25, 0.3) is 5.91 Å². The van der Waals surface area contributed by atoms with Crippen molar-refractivity contribution in [1.82, 2.24) is 14.4 Å². The quantitative estimate of drug-likeness (QED) is 0.449. The van der Waals surface area contributed by atoms with E-state index < -0.39 is 11.6 Å². The fourth-order valence-corrected chi connectivity index (χ4v) is 5.54. The van der Waals surface area contributed by atoms with Gasteiger partial charge in [-0.1, -0.05) is 18.2 Å². The molecule has 206 valence electrons. The number of piperazine rings is 2. The van der Waals surface area contributed by atoms with Crippen molar-refractivity contribution in [2.45, 2.75) is 13.5 Å². The van der Waals surface area contributed by atoms with E-state index in [1.54, 1.807) is 4.90 Å². The number of nitriles is 1. The van der Waals surface area contributed by atoms with Crippen molar-refractivity contribution < 1.29 is 13.6 Å². The van der Waals surface area contributed by atoms with Crippen molar-refractivity contribution in [3.05, 3.63) is 88.0 Å². The first-order valence-electron chi connectivity index (χ1n) is 13.3. The maximum Gasteiger partial charge on any atom is 0.270 e. The van der Waals surface area contributed by atoms with E-state index in [-0.39, 0.29) is 11.5 Å². The molecule has 40 heavy (non-hydrogen) atoms. The fraction of sp³-hybridized carbons (Fsp3) is 0.367. The molecular formula is C30H31F2N7O. The molecule has 2 aromatic carbocycles. The van der Waals surface area contributed by atoms with Crippen molar-refractivity contribution in [1.29, 1.82) is 5.26 Å². The lowest BCUT2D eigenvalue weighted by molar-refractivity contribution is 0.0737. The summed E-state index contributed by atoms with van der Waals surface area (Å²) < 4.78 is 29.4. The van der Waals surface area contributed by atoms with Crippen molar-refractivity contribution in [2.24, 2.45) is 7.05 Å². The van der Waals surface area contributed by atoms with E-state index >= 15 is 0 Å². The lowest BCUT2D eigenvalue weighted by Gasteiger charge is -2.36. The standard InChI is InChI=1S/C30H31F2N7O/c1-21-23(20-36-8-10-37(11-9-36)27-7-5-4-6-26(27)34-2)17-29(35(21)3)30(40)39-14-12-38(13-15-39)28-18-25(32)24(31)16-22(28)19-33/h4-7,16-18H,8-15,20H2,1,3H3. The van der Waals surface area contributed by atoms with Crippen LogP contribution in [0.1, 0.15) is 27.3 Å². The van der Waals surface area contributed by atoms with Gasteiger partial charge in [-0.15, -0.1) is 0 Å². The zero-order valence-electron chi connectivity index (χ0n) is 22.7. The molecule has 2 aliphatic heterocycles. The summed E-state index contributed by atoms with van der Waals surface area (Å²) in [5, 5.41) is 9.37. The van der Waals surface area contributed by atoms with Gasteiger partial charge in [0.05, 0.1) is 17.8 Å².